The number of aryl methyl sites for hydroxylation is 1. The first kappa shape index (κ1) is 12.1. The monoisotopic (exact) mass is 270 g/mol. The molecule has 0 spiro atoms. The molecule has 1 aromatic heterocycles. The molecule has 94 valence electrons. The van der Waals surface area contributed by atoms with Crippen LogP contribution >= 0.6 is 11.3 Å². The maximum atomic E-state index is 13.3. The summed E-state index contributed by atoms with van der Waals surface area (Å²) in [6.45, 7) is 1.66. The first-order valence-corrected chi connectivity index (χ1v) is 6.82. The third-order valence-corrected chi connectivity index (χ3v) is 4.11. The molecular weight excluding hydrogens is 259 g/mol. The molecule has 3 heteroatoms. The van der Waals surface area contributed by atoms with Crippen LogP contribution in [0.15, 0.2) is 47.8 Å². The van der Waals surface area contributed by atoms with E-state index in [9.17, 15) is 9.18 Å². The molecule has 1 heterocycles. The molecule has 0 fully saturated rings. The third-order valence-electron chi connectivity index (χ3n) is 3.14. The zero-order valence-corrected chi connectivity index (χ0v) is 11.1. The predicted octanol–water partition coefficient (Wildman–Crippen LogP) is 4.58. The molecule has 0 aliphatic rings. The van der Waals surface area contributed by atoms with Crippen LogP contribution in [0.25, 0.3) is 10.1 Å². The van der Waals surface area contributed by atoms with Gasteiger partial charge < -0.3 is 0 Å². The van der Waals surface area contributed by atoms with Crippen LogP contribution in [0.2, 0.25) is 0 Å². The summed E-state index contributed by atoms with van der Waals surface area (Å²) < 4.78 is 14.2. The molecule has 0 bridgehead atoms. The largest absolute Gasteiger partial charge is 0.289 e. The Balaban J connectivity index is 2.13. The lowest BCUT2D eigenvalue weighted by atomic mass is 10.0. The first-order valence-electron chi connectivity index (χ1n) is 5.94. The van der Waals surface area contributed by atoms with Crippen LogP contribution in [-0.2, 0) is 0 Å². The van der Waals surface area contributed by atoms with Crippen LogP contribution in [0.3, 0.4) is 0 Å². The molecule has 0 aliphatic carbocycles. The quantitative estimate of drug-likeness (QED) is 0.623. The molecule has 0 aliphatic heterocycles. The number of carbonyl (C=O) groups is 1. The highest BCUT2D eigenvalue weighted by Crippen LogP contribution is 2.26. The van der Waals surface area contributed by atoms with Crippen molar-refractivity contribution >= 4 is 27.2 Å². The van der Waals surface area contributed by atoms with Gasteiger partial charge in [0, 0.05) is 15.8 Å². The average molecular weight is 270 g/mol. The van der Waals surface area contributed by atoms with Crippen LogP contribution in [0.1, 0.15) is 21.5 Å². The summed E-state index contributed by atoms with van der Waals surface area (Å²) in [6, 6.07) is 12.2. The molecule has 0 saturated heterocycles. The van der Waals surface area contributed by atoms with Crippen LogP contribution in [-0.4, -0.2) is 5.78 Å². The standard InChI is InChI=1S/C16H11FOS/c1-10-9-12(5-6-14(10)17)15(18)13-4-2-3-11-7-8-19-16(11)13/h2-9H,1H3. The fourth-order valence-corrected chi connectivity index (χ4v) is 3.02. The van der Waals surface area contributed by atoms with Gasteiger partial charge in [0.2, 0.25) is 0 Å². The third kappa shape index (κ3) is 2.06. The number of thiophene rings is 1. The summed E-state index contributed by atoms with van der Waals surface area (Å²) >= 11 is 1.55. The van der Waals surface area contributed by atoms with E-state index in [2.05, 4.69) is 0 Å². The van der Waals surface area contributed by atoms with E-state index in [4.69, 9.17) is 0 Å². The van der Waals surface area contributed by atoms with E-state index in [1.807, 2.05) is 29.6 Å². The summed E-state index contributed by atoms with van der Waals surface area (Å²) in [6.07, 6.45) is 0. The predicted molar refractivity (Wildman–Crippen MR) is 76.4 cm³/mol. The number of carbonyl (C=O) groups excluding carboxylic acids is 1. The van der Waals surface area contributed by atoms with Crippen molar-refractivity contribution in [3.8, 4) is 0 Å². The Morgan fingerprint density at radius 3 is 2.79 bits per heavy atom. The van der Waals surface area contributed by atoms with Gasteiger partial charge in [0.25, 0.3) is 0 Å². The molecule has 0 radical (unpaired) electrons. The maximum Gasteiger partial charge on any atom is 0.194 e. The van der Waals surface area contributed by atoms with E-state index in [0.717, 1.165) is 10.1 Å². The SMILES string of the molecule is Cc1cc(C(=O)c2cccc3ccsc23)ccc1F. The first-order chi connectivity index (χ1) is 9.16. The minimum Gasteiger partial charge on any atom is -0.289 e. The topological polar surface area (TPSA) is 17.1 Å². The zero-order valence-electron chi connectivity index (χ0n) is 10.3. The number of ketones is 1. The van der Waals surface area contributed by atoms with Gasteiger partial charge in [0.15, 0.2) is 5.78 Å². The highest BCUT2D eigenvalue weighted by molar-refractivity contribution is 7.17. The molecular formula is C16H11FOS. The molecule has 0 atom stereocenters. The lowest BCUT2D eigenvalue weighted by molar-refractivity contribution is 0.104. The van der Waals surface area contributed by atoms with Crippen molar-refractivity contribution in [2.45, 2.75) is 6.92 Å². The lowest BCUT2D eigenvalue weighted by Crippen LogP contribution is -2.02. The van der Waals surface area contributed by atoms with Crippen LogP contribution in [0.4, 0.5) is 4.39 Å². The highest BCUT2D eigenvalue weighted by atomic mass is 32.1. The van der Waals surface area contributed by atoms with Crippen molar-refractivity contribution in [2.75, 3.05) is 0 Å². The fraction of sp³-hybridized carbons (Fsp3) is 0.0625. The zero-order chi connectivity index (χ0) is 13.4. The molecule has 19 heavy (non-hydrogen) atoms. The molecule has 0 amide bonds. The summed E-state index contributed by atoms with van der Waals surface area (Å²) in [5.74, 6) is -0.345. The van der Waals surface area contributed by atoms with Gasteiger partial charge in [-0.25, -0.2) is 4.39 Å². The summed E-state index contributed by atoms with van der Waals surface area (Å²) in [5.41, 5.74) is 1.70. The van der Waals surface area contributed by atoms with Gasteiger partial charge in [-0.3, -0.25) is 4.79 Å². The van der Waals surface area contributed by atoms with Gasteiger partial charge in [-0.05, 0) is 53.6 Å². The summed E-state index contributed by atoms with van der Waals surface area (Å²) in [7, 11) is 0. The van der Waals surface area contributed by atoms with Gasteiger partial charge >= 0.3 is 0 Å². The van der Waals surface area contributed by atoms with Crippen molar-refractivity contribution in [3.05, 3.63) is 70.4 Å². The number of fused-ring (bicyclic) bond motifs is 1. The summed E-state index contributed by atoms with van der Waals surface area (Å²) in [4.78, 5) is 12.5. The molecule has 0 unspecified atom stereocenters. The Labute approximate surface area is 114 Å². The molecule has 0 N–H and O–H groups in total. The molecule has 3 aromatic rings. The van der Waals surface area contributed by atoms with E-state index in [-0.39, 0.29) is 11.6 Å². The van der Waals surface area contributed by atoms with Gasteiger partial charge in [-0.1, -0.05) is 12.1 Å². The second-order valence-corrected chi connectivity index (χ2v) is 5.35. The van der Waals surface area contributed by atoms with E-state index >= 15 is 0 Å². The minimum atomic E-state index is -0.286. The summed E-state index contributed by atoms with van der Waals surface area (Å²) in [5, 5.41) is 3.03. The van der Waals surface area contributed by atoms with E-state index in [1.54, 1.807) is 24.3 Å². The Hall–Kier alpha value is -2.00. The number of hydrogen-bond donors (Lipinski definition) is 0. The maximum absolute atomic E-state index is 13.3. The number of rotatable bonds is 2. The van der Waals surface area contributed by atoms with Crippen molar-refractivity contribution < 1.29 is 9.18 Å². The van der Waals surface area contributed by atoms with E-state index in [1.165, 1.54) is 12.1 Å². The second-order valence-electron chi connectivity index (χ2n) is 4.44. The number of benzene rings is 2. The number of hydrogen-bond acceptors (Lipinski definition) is 2. The van der Waals surface area contributed by atoms with Crippen molar-refractivity contribution in [3.63, 3.8) is 0 Å². The van der Waals surface area contributed by atoms with Gasteiger partial charge in [-0.2, -0.15) is 0 Å². The van der Waals surface area contributed by atoms with Crippen LogP contribution < -0.4 is 0 Å². The average Bonchev–Trinajstić information content (AvgIpc) is 2.89. The van der Waals surface area contributed by atoms with Gasteiger partial charge in [0.05, 0.1) is 0 Å². The molecule has 3 rings (SSSR count). The normalized spacial score (nSPS) is 10.8. The Morgan fingerprint density at radius 2 is 2.00 bits per heavy atom. The van der Waals surface area contributed by atoms with Crippen LogP contribution in [0, 0.1) is 12.7 Å². The van der Waals surface area contributed by atoms with Crippen LogP contribution in [0.5, 0.6) is 0 Å². The molecule has 1 nitrogen and oxygen atoms in total. The smallest absolute Gasteiger partial charge is 0.194 e. The van der Waals surface area contributed by atoms with E-state index < -0.39 is 0 Å². The Bertz CT molecular complexity index is 773. The molecule has 0 saturated carbocycles. The second kappa shape index (κ2) is 4.59. The van der Waals surface area contributed by atoms with E-state index in [0.29, 0.717) is 16.7 Å². The molecule has 2 aromatic carbocycles. The Morgan fingerprint density at radius 1 is 1.16 bits per heavy atom. The minimum absolute atomic E-state index is 0.0591. The lowest BCUT2D eigenvalue weighted by Gasteiger charge is -2.04. The van der Waals surface area contributed by atoms with Gasteiger partial charge in [-0.15, -0.1) is 11.3 Å². The van der Waals surface area contributed by atoms with Crippen molar-refractivity contribution in [2.24, 2.45) is 0 Å². The Kier molecular flexibility index (Phi) is 2.91. The van der Waals surface area contributed by atoms with Crippen molar-refractivity contribution in [1.82, 2.24) is 0 Å². The van der Waals surface area contributed by atoms with Gasteiger partial charge in [0.1, 0.15) is 5.82 Å². The number of halogens is 1. The fourth-order valence-electron chi connectivity index (χ4n) is 2.11. The highest BCUT2D eigenvalue weighted by Gasteiger charge is 2.14. The van der Waals surface area contributed by atoms with Crippen molar-refractivity contribution in [1.29, 1.82) is 0 Å².